The van der Waals surface area contributed by atoms with Gasteiger partial charge in [0, 0.05) is 31.1 Å². The van der Waals surface area contributed by atoms with Crippen molar-refractivity contribution in [3.8, 4) is 6.07 Å². The normalized spacial score (nSPS) is 26.4. The Balaban J connectivity index is 1.50. The molecule has 2 bridgehead atoms. The second kappa shape index (κ2) is 7.61. The number of piperidine rings is 2. The van der Waals surface area contributed by atoms with Crippen LogP contribution in [0, 0.1) is 11.3 Å². The van der Waals surface area contributed by atoms with Crippen molar-refractivity contribution in [3.05, 3.63) is 65.5 Å². The van der Waals surface area contributed by atoms with Gasteiger partial charge in [0.1, 0.15) is 12.2 Å². The topological polar surface area (TPSA) is 86.5 Å². The van der Waals surface area contributed by atoms with Crippen LogP contribution in [0.1, 0.15) is 48.9 Å². The monoisotopic (exact) mass is 377 g/mol. The van der Waals surface area contributed by atoms with Crippen LogP contribution < -0.4 is 0 Å². The first-order chi connectivity index (χ1) is 13.6. The van der Waals surface area contributed by atoms with Gasteiger partial charge in [0.05, 0.1) is 17.3 Å². The van der Waals surface area contributed by atoms with Crippen LogP contribution in [-0.4, -0.2) is 33.2 Å². The Hall–Kier alpha value is -2.91. The third-order valence-electron chi connectivity index (χ3n) is 5.79. The summed E-state index contributed by atoms with van der Waals surface area (Å²) in [4.78, 5) is 18.9. The fourth-order valence-corrected chi connectivity index (χ4v) is 4.48. The van der Waals surface area contributed by atoms with E-state index in [1.807, 2.05) is 35.2 Å². The summed E-state index contributed by atoms with van der Waals surface area (Å²) in [5, 5.41) is 20.5. The Labute approximate surface area is 164 Å². The summed E-state index contributed by atoms with van der Waals surface area (Å²) in [6.07, 6.45) is 4.74. The molecule has 2 aromatic rings. The quantitative estimate of drug-likeness (QED) is 0.885. The molecule has 6 nitrogen and oxygen atoms in total. The number of hydrogen-bond donors (Lipinski definition) is 1. The Morgan fingerprint density at radius 1 is 1.25 bits per heavy atom. The van der Waals surface area contributed by atoms with Crippen molar-refractivity contribution in [3.63, 3.8) is 0 Å². The van der Waals surface area contributed by atoms with Gasteiger partial charge in [-0.3, -0.25) is 4.98 Å². The standard InChI is InChI=1S/C22H23N3O3/c23-14-17-9-10-24-20(11-17)22(27)12-18-7-4-8-19(13-22)25(18)21(26)28-15-16-5-2-1-3-6-16/h1-3,5-6,9-11,18-19,27H,4,7-8,12-13,15H2. The van der Waals surface area contributed by atoms with E-state index in [1.165, 1.54) is 0 Å². The maximum absolute atomic E-state index is 12.8. The average molecular weight is 377 g/mol. The van der Waals surface area contributed by atoms with Gasteiger partial charge in [0.15, 0.2) is 0 Å². The van der Waals surface area contributed by atoms with Crippen LogP contribution in [0.4, 0.5) is 4.79 Å². The number of fused-ring (bicyclic) bond motifs is 2. The van der Waals surface area contributed by atoms with Gasteiger partial charge in [-0.25, -0.2) is 4.79 Å². The van der Waals surface area contributed by atoms with Crippen molar-refractivity contribution in [1.29, 1.82) is 5.26 Å². The average Bonchev–Trinajstić information content (AvgIpc) is 2.72. The van der Waals surface area contributed by atoms with E-state index in [9.17, 15) is 9.90 Å². The predicted molar refractivity (Wildman–Crippen MR) is 102 cm³/mol. The lowest BCUT2D eigenvalue weighted by Gasteiger charge is -2.51. The Morgan fingerprint density at radius 2 is 1.96 bits per heavy atom. The second-order valence-electron chi connectivity index (χ2n) is 7.67. The molecule has 0 saturated carbocycles. The molecule has 2 atom stereocenters. The zero-order valence-corrected chi connectivity index (χ0v) is 15.6. The Kier molecular flexibility index (Phi) is 5.01. The van der Waals surface area contributed by atoms with Crippen LogP contribution in [0.5, 0.6) is 0 Å². The molecule has 0 aliphatic carbocycles. The molecule has 6 heteroatoms. The summed E-state index contributed by atoms with van der Waals surface area (Å²) in [7, 11) is 0. The van der Waals surface area contributed by atoms with E-state index in [0.717, 1.165) is 24.8 Å². The van der Waals surface area contributed by atoms with E-state index in [0.29, 0.717) is 24.1 Å². The number of aromatic nitrogens is 1. The number of rotatable bonds is 3. The molecule has 1 aromatic carbocycles. The zero-order valence-electron chi connectivity index (χ0n) is 15.6. The maximum atomic E-state index is 12.8. The number of carbonyl (C=O) groups excluding carboxylic acids is 1. The number of carbonyl (C=O) groups is 1. The minimum absolute atomic E-state index is 0.0895. The number of pyridine rings is 1. The smallest absolute Gasteiger partial charge is 0.410 e. The van der Waals surface area contributed by atoms with Crippen molar-refractivity contribution >= 4 is 6.09 Å². The molecule has 2 aliphatic rings. The second-order valence-corrected chi connectivity index (χ2v) is 7.67. The number of hydrogen-bond acceptors (Lipinski definition) is 5. The van der Waals surface area contributed by atoms with E-state index in [2.05, 4.69) is 11.1 Å². The molecular weight excluding hydrogens is 354 g/mol. The van der Waals surface area contributed by atoms with Crippen molar-refractivity contribution in [2.24, 2.45) is 0 Å². The van der Waals surface area contributed by atoms with Crippen LogP contribution >= 0.6 is 0 Å². The largest absolute Gasteiger partial charge is 0.445 e. The molecule has 144 valence electrons. The molecule has 2 fully saturated rings. The lowest BCUT2D eigenvalue weighted by molar-refractivity contribution is -0.0918. The van der Waals surface area contributed by atoms with E-state index in [4.69, 9.17) is 10.00 Å². The number of nitrogens with zero attached hydrogens (tertiary/aromatic N) is 3. The predicted octanol–water partition coefficient (Wildman–Crippen LogP) is 3.49. The van der Waals surface area contributed by atoms with Crippen molar-refractivity contribution < 1.29 is 14.6 Å². The number of ether oxygens (including phenoxy) is 1. The van der Waals surface area contributed by atoms with Gasteiger partial charge in [-0.2, -0.15) is 5.26 Å². The van der Waals surface area contributed by atoms with Crippen LogP contribution in [-0.2, 0) is 16.9 Å². The van der Waals surface area contributed by atoms with Gasteiger partial charge in [-0.05, 0) is 37.0 Å². The fourth-order valence-electron chi connectivity index (χ4n) is 4.48. The highest BCUT2D eigenvalue weighted by molar-refractivity contribution is 5.69. The number of nitriles is 1. The third-order valence-corrected chi connectivity index (χ3v) is 5.79. The van der Waals surface area contributed by atoms with Gasteiger partial charge < -0.3 is 14.7 Å². The third kappa shape index (κ3) is 3.58. The van der Waals surface area contributed by atoms with Gasteiger partial charge in [-0.15, -0.1) is 0 Å². The van der Waals surface area contributed by atoms with Gasteiger partial charge >= 0.3 is 6.09 Å². The van der Waals surface area contributed by atoms with E-state index in [1.54, 1.807) is 18.3 Å². The molecule has 28 heavy (non-hydrogen) atoms. The van der Waals surface area contributed by atoms with Crippen LogP contribution in [0.25, 0.3) is 0 Å². The van der Waals surface area contributed by atoms with E-state index in [-0.39, 0.29) is 24.8 Å². The molecule has 2 unspecified atom stereocenters. The first-order valence-electron chi connectivity index (χ1n) is 9.67. The lowest BCUT2D eigenvalue weighted by atomic mass is 9.74. The molecule has 4 rings (SSSR count). The van der Waals surface area contributed by atoms with Crippen molar-refractivity contribution in [1.82, 2.24) is 9.88 Å². The van der Waals surface area contributed by atoms with E-state index >= 15 is 0 Å². The van der Waals surface area contributed by atoms with Crippen molar-refractivity contribution in [2.45, 2.75) is 56.4 Å². The first-order valence-corrected chi connectivity index (χ1v) is 9.67. The minimum atomic E-state index is -1.13. The molecular formula is C22H23N3O3. The van der Waals surface area contributed by atoms with Gasteiger partial charge in [-0.1, -0.05) is 30.3 Å². The van der Waals surface area contributed by atoms with Crippen LogP contribution in [0.3, 0.4) is 0 Å². The summed E-state index contributed by atoms with van der Waals surface area (Å²) in [5.41, 5.74) is 0.819. The number of benzene rings is 1. The summed E-state index contributed by atoms with van der Waals surface area (Å²) in [6, 6.07) is 14.8. The molecule has 0 radical (unpaired) electrons. The Bertz CT molecular complexity index is 879. The van der Waals surface area contributed by atoms with E-state index < -0.39 is 5.60 Å². The van der Waals surface area contributed by atoms with Gasteiger partial charge in [0.25, 0.3) is 0 Å². The first kappa shape index (κ1) is 18.5. The highest BCUT2D eigenvalue weighted by atomic mass is 16.6. The van der Waals surface area contributed by atoms with Crippen molar-refractivity contribution in [2.75, 3.05) is 0 Å². The molecule has 1 N–H and O–H groups in total. The van der Waals surface area contributed by atoms with Crippen LogP contribution in [0.2, 0.25) is 0 Å². The SMILES string of the molecule is N#Cc1ccnc(C2(O)CC3CCCC(C2)N3C(=O)OCc2ccccc2)c1. The maximum Gasteiger partial charge on any atom is 0.410 e. The zero-order chi connectivity index (χ0) is 19.6. The lowest BCUT2D eigenvalue weighted by Crippen LogP contribution is -2.59. The van der Waals surface area contributed by atoms with Gasteiger partial charge in [0.2, 0.25) is 0 Å². The highest BCUT2D eigenvalue weighted by Crippen LogP contribution is 2.44. The van der Waals surface area contributed by atoms with Crippen LogP contribution in [0.15, 0.2) is 48.7 Å². The molecule has 2 aliphatic heterocycles. The summed E-state index contributed by atoms with van der Waals surface area (Å²) in [6.45, 7) is 0.242. The number of amides is 1. The summed E-state index contributed by atoms with van der Waals surface area (Å²) >= 11 is 0. The Morgan fingerprint density at radius 3 is 2.64 bits per heavy atom. The fraction of sp³-hybridized carbons (Fsp3) is 0.409. The molecule has 1 aromatic heterocycles. The minimum Gasteiger partial charge on any atom is -0.445 e. The highest BCUT2D eigenvalue weighted by Gasteiger charge is 2.49. The number of aliphatic hydroxyl groups is 1. The molecule has 1 amide bonds. The molecule has 0 spiro atoms. The molecule has 3 heterocycles. The molecule has 2 saturated heterocycles. The summed E-state index contributed by atoms with van der Waals surface area (Å²) < 4.78 is 5.56. The summed E-state index contributed by atoms with van der Waals surface area (Å²) in [5.74, 6) is 0.